The third kappa shape index (κ3) is 7.26. The van der Waals surface area contributed by atoms with Crippen molar-refractivity contribution in [3.63, 3.8) is 0 Å². The Morgan fingerprint density at radius 3 is 2.28 bits per heavy atom. The highest BCUT2D eigenvalue weighted by molar-refractivity contribution is 7.82. The summed E-state index contributed by atoms with van der Waals surface area (Å²) >= 11 is 0. The molecule has 2 aromatic carbocycles. The molecule has 5 rings (SSSR count). The zero-order chi connectivity index (χ0) is 25.3. The first-order chi connectivity index (χ1) is 17.2. The van der Waals surface area contributed by atoms with Crippen LogP contribution in [0.2, 0.25) is 0 Å². The van der Waals surface area contributed by atoms with E-state index < -0.39 is 22.0 Å². The maximum Gasteiger partial charge on any atom is 0.442 e. The SMILES string of the molecule is Cc1cc(N2OS(=O)(=O)ON(CCN3CCC(O)(Cc4ccccc4)CC3)C2=O)c2ccccc2n1.O.O.O. The summed E-state index contributed by atoms with van der Waals surface area (Å²) in [7, 11) is -4.50. The van der Waals surface area contributed by atoms with Crippen LogP contribution in [0, 0.1) is 6.92 Å². The fourth-order valence-electron chi connectivity index (χ4n) is 4.69. The van der Waals surface area contributed by atoms with Gasteiger partial charge in [0.25, 0.3) is 0 Å². The van der Waals surface area contributed by atoms with E-state index >= 15 is 0 Å². The van der Waals surface area contributed by atoms with Crippen molar-refractivity contribution < 1.29 is 43.3 Å². The van der Waals surface area contributed by atoms with Crippen molar-refractivity contribution in [3.8, 4) is 0 Å². The minimum atomic E-state index is -4.50. The molecule has 2 amide bonds. The Balaban J connectivity index is 0.00000178. The Kier molecular flexibility index (Phi) is 10.5. The number of anilines is 1. The fourth-order valence-corrected chi connectivity index (χ4v) is 5.40. The van der Waals surface area contributed by atoms with Gasteiger partial charge in [0.2, 0.25) is 0 Å². The molecule has 0 saturated carbocycles. The Bertz CT molecular complexity index is 1370. The van der Waals surface area contributed by atoms with Crippen LogP contribution in [0.1, 0.15) is 24.1 Å². The van der Waals surface area contributed by atoms with E-state index in [1.54, 1.807) is 31.2 Å². The van der Waals surface area contributed by atoms with Gasteiger partial charge in [-0.25, -0.2) is 4.79 Å². The molecule has 0 radical (unpaired) electrons. The Morgan fingerprint density at radius 1 is 0.949 bits per heavy atom. The van der Waals surface area contributed by atoms with Crippen molar-refractivity contribution in [2.45, 2.75) is 31.8 Å². The number of pyridine rings is 1. The number of fused-ring (bicyclic) bond motifs is 1. The van der Waals surface area contributed by atoms with Gasteiger partial charge in [-0.15, -0.1) is 13.6 Å². The van der Waals surface area contributed by atoms with E-state index in [1.807, 2.05) is 36.4 Å². The standard InChI is InChI=1S/C25H28N4O6S.3H2O/c1-19-17-23(21-9-5-6-10-22(21)26-19)29-24(30)28(34-36(32,33)35-29)16-15-27-13-11-25(31,12-14-27)18-20-7-3-2-4-8-20;;;/h2-10,17,31H,11-16,18H2,1H3;3*1H2. The van der Waals surface area contributed by atoms with Crippen molar-refractivity contribution in [1.29, 1.82) is 0 Å². The van der Waals surface area contributed by atoms with E-state index in [9.17, 15) is 18.3 Å². The number of nitrogens with zero attached hydrogens (tertiary/aromatic N) is 4. The van der Waals surface area contributed by atoms with Gasteiger partial charge >= 0.3 is 16.4 Å². The molecule has 214 valence electrons. The summed E-state index contributed by atoms with van der Waals surface area (Å²) in [6, 6.07) is 17.8. The molecular formula is C25H34N4O9S. The number of aliphatic hydroxyl groups is 1. The lowest BCUT2D eigenvalue weighted by Gasteiger charge is -2.39. The minimum absolute atomic E-state index is 0. The molecule has 7 N–H and O–H groups in total. The summed E-state index contributed by atoms with van der Waals surface area (Å²) in [6.45, 7) is 3.38. The summed E-state index contributed by atoms with van der Waals surface area (Å²) in [4.78, 5) is 19.7. The van der Waals surface area contributed by atoms with E-state index in [-0.39, 0.29) is 28.7 Å². The first kappa shape index (κ1) is 32.0. The van der Waals surface area contributed by atoms with Crippen molar-refractivity contribution in [3.05, 3.63) is 71.9 Å². The number of hydrogen-bond acceptors (Lipinski definition) is 8. The summed E-state index contributed by atoms with van der Waals surface area (Å²) < 4.78 is 34.6. The smallest absolute Gasteiger partial charge is 0.412 e. The molecular weight excluding hydrogens is 532 g/mol. The summed E-state index contributed by atoms with van der Waals surface area (Å²) in [5.41, 5.74) is 1.78. The molecule has 3 heterocycles. The van der Waals surface area contributed by atoms with Crippen molar-refractivity contribution in [2.24, 2.45) is 0 Å². The van der Waals surface area contributed by atoms with Crippen LogP contribution >= 0.6 is 0 Å². The van der Waals surface area contributed by atoms with E-state index in [1.165, 1.54) is 0 Å². The van der Waals surface area contributed by atoms with Crippen molar-refractivity contribution in [2.75, 3.05) is 31.2 Å². The van der Waals surface area contributed by atoms with E-state index in [2.05, 4.69) is 9.88 Å². The van der Waals surface area contributed by atoms with Gasteiger partial charge in [0, 0.05) is 37.1 Å². The van der Waals surface area contributed by atoms with Crippen LogP contribution in [-0.2, 0) is 25.4 Å². The van der Waals surface area contributed by atoms with E-state index in [4.69, 9.17) is 8.57 Å². The van der Waals surface area contributed by atoms with E-state index in [0.29, 0.717) is 55.5 Å². The van der Waals surface area contributed by atoms with Gasteiger partial charge in [-0.2, -0.15) is 13.5 Å². The number of aromatic nitrogens is 1. The van der Waals surface area contributed by atoms with E-state index in [0.717, 1.165) is 15.7 Å². The second-order valence-corrected chi connectivity index (χ2v) is 10.4. The predicted molar refractivity (Wildman–Crippen MR) is 144 cm³/mol. The molecule has 14 heteroatoms. The Morgan fingerprint density at radius 2 is 1.59 bits per heavy atom. The van der Waals surface area contributed by atoms with Gasteiger partial charge < -0.3 is 26.4 Å². The number of benzene rings is 2. The third-order valence-electron chi connectivity index (χ3n) is 6.56. The highest BCUT2D eigenvalue weighted by Gasteiger charge is 2.40. The number of para-hydroxylation sites is 1. The highest BCUT2D eigenvalue weighted by atomic mass is 32.3. The molecule has 1 aromatic heterocycles. The molecule has 3 aromatic rings. The van der Waals surface area contributed by atoms with Crippen LogP contribution in [0.3, 0.4) is 0 Å². The van der Waals surface area contributed by atoms with Gasteiger partial charge in [0.15, 0.2) is 0 Å². The summed E-state index contributed by atoms with van der Waals surface area (Å²) in [5, 5.41) is 13.1. The van der Waals surface area contributed by atoms with Crippen LogP contribution in [0.5, 0.6) is 0 Å². The number of amides is 2. The molecule has 2 aliphatic rings. The number of aryl methyl sites for hydroxylation is 1. The second-order valence-electron chi connectivity index (χ2n) is 9.26. The lowest BCUT2D eigenvalue weighted by molar-refractivity contribution is -0.0598. The second kappa shape index (κ2) is 12.8. The first-order valence-corrected chi connectivity index (χ1v) is 13.2. The number of hydrogen-bond donors (Lipinski definition) is 1. The fraction of sp³-hybridized carbons (Fsp3) is 0.360. The number of hydroxylamine groups is 3. The topological polar surface area (TPSA) is 207 Å². The van der Waals surface area contributed by atoms with Crippen LogP contribution in [-0.4, -0.2) is 82.7 Å². The molecule has 0 atom stereocenters. The molecule has 0 spiro atoms. The molecule has 2 saturated heterocycles. The largest absolute Gasteiger partial charge is 0.442 e. The Hall–Kier alpha value is -3.21. The molecule has 13 nitrogen and oxygen atoms in total. The number of carbonyl (C=O) groups is 1. The number of urea groups is 1. The monoisotopic (exact) mass is 566 g/mol. The van der Waals surface area contributed by atoms with Gasteiger partial charge in [-0.1, -0.05) is 48.5 Å². The number of piperidine rings is 1. The number of rotatable bonds is 6. The van der Waals surface area contributed by atoms with Crippen LogP contribution in [0.15, 0.2) is 60.7 Å². The molecule has 0 aliphatic carbocycles. The average molecular weight is 567 g/mol. The van der Waals surface area contributed by atoms with Crippen molar-refractivity contribution in [1.82, 2.24) is 14.9 Å². The van der Waals surface area contributed by atoms with Gasteiger partial charge in [-0.05, 0) is 37.5 Å². The maximum absolute atomic E-state index is 13.2. The average Bonchev–Trinajstić information content (AvgIpc) is 2.85. The zero-order valence-electron chi connectivity index (χ0n) is 21.4. The molecule has 2 aliphatic heterocycles. The van der Waals surface area contributed by atoms with Gasteiger partial charge in [0.1, 0.15) is 0 Å². The van der Waals surface area contributed by atoms with Crippen molar-refractivity contribution >= 4 is 33.0 Å². The quantitative estimate of drug-likeness (QED) is 0.443. The molecule has 0 bridgehead atoms. The number of carbonyl (C=O) groups excluding carboxylic acids is 1. The van der Waals surface area contributed by atoms with Crippen LogP contribution in [0.25, 0.3) is 10.9 Å². The lowest BCUT2D eigenvalue weighted by Crippen LogP contribution is -2.54. The number of likely N-dealkylation sites (tertiary alicyclic amines) is 1. The Labute approximate surface area is 226 Å². The predicted octanol–water partition coefficient (Wildman–Crippen LogP) is 0.489. The minimum Gasteiger partial charge on any atom is -0.412 e. The molecule has 2 fully saturated rings. The molecule has 39 heavy (non-hydrogen) atoms. The highest BCUT2D eigenvalue weighted by Crippen LogP contribution is 2.31. The normalized spacial score (nSPS) is 18.6. The first-order valence-electron chi connectivity index (χ1n) is 11.8. The summed E-state index contributed by atoms with van der Waals surface area (Å²) in [6.07, 6.45) is 1.73. The molecule has 0 unspecified atom stereocenters. The summed E-state index contributed by atoms with van der Waals surface area (Å²) in [5.74, 6) is 0. The van der Waals surface area contributed by atoms with Crippen LogP contribution in [0.4, 0.5) is 10.5 Å². The maximum atomic E-state index is 13.2. The lowest BCUT2D eigenvalue weighted by atomic mass is 9.85. The third-order valence-corrected chi connectivity index (χ3v) is 7.25. The van der Waals surface area contributed by atoms with Crippen LogP contribution < -0.4 is 5.06 Å². The van der Waals surface area contributed by atoms with Gasteiger partial charge in [-0.3, -0.25) is 4.98 Å². The zero-order valence-corrected chi connectivity index (χ0v) is 22.2. The van der Waals surface area contributed by atoms with Gasteiger partial charge in [0.05, 0.1) is 23.3 Å².